The molecule has 6 heteroatoms. The number of hydrogen-bond donors (Lipinski definition) is 2. The molecule has 3 N–H and O–H groups in total. The average Bonchev–Trinajstić information content (AvgIpc) is 2.25. The quantitative estimate of drug-likeness (QED) is 0.712. The van der Waals surface area contributed by atoms with Crippen molar-refractivity contribution in [2.24, 2.45) is 5.73 Å². The van der Waals surface area contributed by atoms with Crippen LogP contribution in [0, 0.1) is 6.92 Å². The van der Waals surface area contributed by atoms with E-state index in [9.17, 15) is 4.79 Å². The molecule has 0 aliphatic heterocycles. The Labute approximate surface area is 94.2 Å². The molecule has 1 unspecified atom stereocenters. The Morgan fingerprint density at radius 3 is 3.06 bits per heavy atom. The molecule has 1 heterocycles. The molecule has 6 nitrogen and oxygen atoms in total. The monoisotopic (exact) mass is 224 g/mol. The van der Waals surface area contributed by atoms with Gasteiger partial charge in [-0.25, -0.2) is 9.97 Å². The van der Waals surface area contributed by atoms with E-state index in [4.69, 9.17) is 10.5 Å². The third kappa shape index (κ3) is 4.22. The Bertz CT molecular complexity index is 354. The first-order valence-corrected chi connectivity index (χ1v) is 5.01. The van der Waals surface area contributed by atoms with Crippen molar-refractivity contribution in [2.45, 2.75) is 19.9 Å². The molecule has 0 aliphatic carbocycles. The number of aromatic nitrogens is 2. The Balaban J connectivity index is 2.35. The minimum Gasteiger partial charge on any atom is -0.467 e. The summed E-state index contributed by atoms with van der Waals surface area (Å²) in [5.74, 6) is 0.209. The van der Waals surface area contributed by atoms with E-state index in [2.05, 4.69) is 15.3 Å². The van der Waals surface area contributed by atoms with Gasteiger partial charge in [0.05, 0.1) is 0 Å². The number of nitrogens with zero attached hydrogens (tertiary/aromatic N) is 2. The first kappa shape index (κ1) is 12.4. The van der Waals surface area contributed by atoms with Gasteiger partial charge in [0.2, 0.25) is 5.88 Å². The zero-order chi connectivity index (χ0) is 12.0. The van der Waals surface area contributed by atoms with Crippen LogP contribution in [0.25, 0.3) is 0 Å². The maximum Gasteiger partial charge on any atom is 0.258 e. The molecule has 0 aromatic carbocycles. The van der Waals surface area contributed by atoms with E-state index < -0.39 is 0 Å². The summed E-state index contributed by atoms with van der Waals surface area (Å²) < 4.78 is 5.23. The molecule has 0 bridgehead atoms. The fourth-order valence-electron chi connectivity index (χ4n) is 0.999. The Hall–Kier alpha value is -1.69. The number of nitrogens with two attached hydrogens (primary N) is 1. The van der Waals surface area contributed by atoms with Gasteiger partial charge >= 0.3 is 0 Å². The Morgan fingerprint density at radius 1 is 1.69 bits per heavy atom. The number of carbonyl (C=O) groups excluding carboxylic acids is 1. The summed E-state index contributed by atoms with van der Waals surface area (Å²) in [5.41, 5.74) is 6.29. The van der Waals surface area contributed by atoms with E-state index in [0.29, 0.717) is 12.4 Å². The molecule has 88 valence electrons. The van der Waals surface area contributed by atoms with Gasteiger partial charge in [0.25, 0.3) is 5.91 Å². The van der Waals surface area contributed by atoms with Crippen molar-refractivity contribution in [1.29, 1.82) is 0 Å². The summed E-state index contributed by atoms with van der Waals surface area (Å²) in [6.07, 6.45) is 3.00. The van der Waals surface area contributed by atoms with Crippen molar-refractivity contribution in [3.05, 3.63) is 18.1 Å². The highest BCUT2D eigenvalue weighted by Gasteiger charge is 2.05. The van der Waals surface area contributed by atoms with Gasteiger partial charge in [-0.1, -0.05) is 0 Å². The van der Waals surface area contributed by atoms with Crippen LogP contribution >= 0.6 is 0 Å². The highest BCUT2D eigenvalue weighted by Crippen LogP contribution is 2.09. The first-order valence-electron chi connectivity index (χ1n) is 5.01. The molecule has 1 aromatic rings. The van der Waals surface area contributed by atoms with Crippen LogP contribution in [0.3, 0.4) is 0 Å². The largest absolute Gasteiger partial charge is 0.467 e. The normalized spacial score (nSPS) is 11.9. The maximum absolute atomic E-state index is 11.3. The number of rotatable bonds is 5. The number of carbonyl (C=O) groups is 1. The van der Waals surface area contributed by atoms with E-state index in [1.165, 1.54) is 6.33 Å². The molecule has 0 aliphatic rings. The highest BCUT2D eigenvalue weighted by atomic mass is 16.5. The van der Waals surface area contributed by atoms with Crippen molar-refractivity contribution >= 4 is 5.91 Å². The van der Waals surface area contributed by atoms with Crippen LogP contribution in [0.15, 0.2) is 12.5 Å². The smallest absolute Gasteiger partial charge is 0.258 e. The van der Waals surface area contributed by atoms with Crippen molar-refractivity contribution < 1.29 is 9.53 Å². The first-order chi connectivity index (χ1) is 7.59. The van der Waals surface area contributed by atoms with Gasteiger partial charge in [0, 0.05) is 24.3 Å². The van der Waals surface area contributed by atoms with E-state index in [1.54, 1.807) is 6.20 Å². The molecule has 0 saturated carbocycles. The second-order valence-electron chi connectivity index (χ2n) is 3.58. The predicted molar refractivity (Wildman–Crippen MR) is 58.9 cm³/mol. The van der Waals surface area contributed by atoms with Gasteiger partial charge in [0.15, 0.2) is 6.61 Å². The van der Waals surface area contributed by atoms with Gasteiger partial charge in [-0.2, -0.15) is 0 Å². The van der Waals surface area contributed by atoms with Gasteiger partial charge in [0.1, 0.15) is 6.33 Å². The van der Waals surface area contributed by atoms with Gasteiger partial charge in [-0.05, 0) is 13.8 Å². The molecule has 0 saturated heterocycles. The number of amides is 1. The molecule has 1 rings (SSSR count). The second kappa shape index (κ2) is 6.02. The maximum atomic E-state index is 11.3. The molecule has 16 heavy (non-hydrogen) atoms. The number of ether oxygens (including phenoxy) is 1. The van der Waals surface area contributed by atoms with Crippen LogP contribution in [-0.2, 0) is 4.79 Å². The van der Waals surface area contributed by atoms with E-state index in [0.717, 1.165) is 5.56 Å². The van der Waals surface area contributed by atoms with Crippen molar-refractivity contribution in [3.8, 4) is 5.88 Å². The molecule has 1 amide bonds. The van der Waals surface area contributed by atoms with Crippen LogP contribution in [0.4, 0.5) is 0 Å². The molecular formula is C10H16N4O2. The predicted octanol–water partition coefficient (Wildman–Crippen LogP) is -0.373. The molecule has 0 fully saturated rings. The van der Waals surface area contributed by atoms with Gasteiger partial charge in [-0.15, -0.1) is 0 Å². The molecule has 0 radical (unpaired) electrons. The van der Waals surface area contributed by atoms with Gasteiger partial charge < -0.3 is 15.8 Å². The Kier molecular flexibility index (Phi) is 4.65. The van der Waals surface area contributed by atoms with Crippen LogP contribution in [0.2, 0.25) is 0 Å². The van der Waals surface area contributed by atoms with E-state index in [-0.39, 0.29) is 18.6 Å². The number of nitrogens with one attached hydrogen (secondary N) is 1. The SMILES string of the molecule is Cc1cncnc1OCC(=O)NCC(C)N. The van der Waals surface area contributed by atoms with Gasteiger partial charge in [-0.3, -0.25) is 4.79 Å². The summed E-state index contributed by atoms with van der Waals surface area (Å²) in [7, 11) is 0. The van der Waals surface area contributed by atoms with Crippen molar-refractivity contribution in [3.63, 3.8) is 0 Å². The topological polar surface area (TPSA) is 90.1 Å². The molecule has 0 spiro atoms. The number of hydrogen-bond acceptors (Lipinski definition) is 5. The summed E-state index contributed by atoms with van der Waals surface area (Å²) >= 11 is 0. The zero-order valence-electron chi connectivity index (χ0n) is 9.43. The van der Waals surface area contributed by atoms with E-state index >= 15 is 0 Å². The third-order valence-corrected chi connectivity index (χ3v) is 1.81. The summed E-state index contributed by atoms with van der Waals surface area (Å²) in [4.78, 5) is 19.0. The average molecular weight is 224 g/mol. The minimum atomic E-state index is -0.213. The minimum absolute atomic E-state index is 0.0649. The summed E-state index contributed by atoms with van der Waals surface area (Å²) in [6, 6.07) is -0.0651. The van der Waals surface area contributed by atoms with Crippen LogP contribution in [-0.4, -0.2) is 35.1 Å². The lowest BCUT2D eigenvalue weighted by Crippen LogP contribution is -2.37. The highest BCUT2D eigenvalue weighted by molar-refractivity contribution is 5.77. The standard InChI is InChI=1S/C10H16N4O2/c1-7-3-12-6-14-10(7)16-5-9(15)13-4-8(2)11/h3,6,8H,4-5,11H2,1-2H3,(H,13,15). The fraction of sp³-hybridized carbons (Fsp3) is 0.500. The molecular weight excluding hydrogens is 208 g/mol. The van der Waals surface area contributed by atoms with E-state index in [1.807, 2.05) is 13.8 Å². The second-order valence-corrected chi connectivity index (χ2v) is 3.58. The Morgan fingerprint density at radius 2 is 2.44 bits per heavy atom. The fourth-order valence-corrected chi connectivity index (χ4v) is 0.999. The summed E-state index contributed by atoms with van der Waals surface area (Å²) in [5, 5.41) is 2.64. The summed E-state index contributed by atoms with van der Waals surface area (Å²) in [6.45, 7) is 4.00. The lowest BCUT2D eigenvalue weighted by Gasteiger charge is -2.09. The lowest BCUT2D eigenvalue weighted by molar-refractivity contribution is -0.123. The zero-order valence-corrected chi connectivity index (χ0v) is 9.43. The third-order valence-electron chi connectivity index (χ3n) is 1.81. The van der Waals surface area contributed by atoms with Crippen molar-refractivity contribution in [1.82, 2.24) is 15.3 Å². The van der Waals surface area contributed by atoms with Crippen LogP contribution < -0.4 is 15.8 Å². The van der Waals surface area contributed by atoms with Crippen molar-refractivity contribution in [2.75, 3.05) is 13.2 Å². The number of aryl methyl sites for hydroxylation is 1. The van der Waals surface area contributed by atoms with Crippen LogP contribution in [0.5, 0.6) is 5.88 Å². The molecule has 1 atom stereocenters. The van der Waals surface area contributed by atoms with Crippen LogP contribution in [0.1, 0.15) is 12.5 Å². The molecule has 1 aromatic heterocycles. The lowest BCUT2D eigenvalue weighted by atomic mass is 10.3.